The average Bonchev–Trinajstić information content (AvgIpc) is 2.74. The minimum atomic E-state index is 0. The Hall–Kier alpha value is -1.51. The molecule has 1 amide bonds. The quantitative estimate of drug-likeness (QED) is 0.347. The first-order valence-corrected chi connectivity index (χ1v) is 11.2. The molecule has 7 heteroatoms. The molecule has 2 fully saturated rings. The number of nitrogens with zero attached hydrogens (tertiary/aromatic N) is 3. The lowest BCUT2D eigenvalue weighted by Crippen LogP contribution is -2.47. The third kappa shape index (κ3) is 7.63. The van der Waals surface area contributed by atoms with E-state index in [1.54, 1.807) is 0 Å². The molecule has 0 aliphatic carbocycles. The fourth-order valence-electron chi connectivity index (χ4n) is 4.13. The molecular formula is C23H37IN4O2. The van der Waals surface area contributed by atoms with Crippen molar-refractivity contribution in [3.05, 3.63) is 30.3 Å². The number of piperidine rings is 2. The second kappa shape index (κ2) is 13.0. The highest BCUT2D eigenvalue weighted by Gasteiger charge is 2.23. The summed E-state index contributed by atoms with van der Waals surface area (Å²) in [6, 6.07) is 10.0. The van der Waals surface area contributed by atoms with E-state index in [4.69, 9.17) is 9.73 Å². The zero-order valence-corrected chi connectivity index (χ0v) is 20.7. The lowest BCUT2D eigenvalue weighted by atomic mass is 10.00. The average molecular weight is 528 g/mol. The van der Waals surface area contributed by atoms with Crippen molar-refractivity contribution >= 4 is 35.8 Å². The molecule has 1 atom stereocenters. The molecular weight excluding hydrogens is 491 g/mol. The van der Waals surface area contributed by atoms with Gasteiger partial charge in [0, 0.05) is 52.0 Å². The fraction of sp³-hybridized carbons (Fsp3) is 0.652. The first-order chi connectivity index (χ1) is 14.2. The Balaban J connectivity index is 0.00000320. The van der Waals surface area contributed by atoms with Crippen LogP contribution in [-0.2, 0) is 4.79 Å². The topological polar surface area (TPSA) is 57.2 Å². The van der Waals surface area contributed by atoms with Crippen LogP contribution in [0.15, 0.2) is 35.3 Å². The van der Waals surface area contributed by atoms with Gasteiger partial charge in [-0.25, -0.2) is 0 Å². The van der Waals surface area contributed by atoms with Gasteiger partial charge >= 0.3 is 0 Å². The SMILES string of the molecule is CCNC(=NCCC(=O)N1CCCC(C)C1)N1CCC(Oc2ccccc2)CC1.I. The van der Waals surface area contributed by atoms with Crippen LogP contribution in [0.25, 0.3) is 0 Å². The maximum Gasteiger partial charge on any atom is 0.224 e. The summed E-state index contributed by atoms with van der Waals surface area (Å²) in [4.78, 5) is 21.5. The number of nitrogens with one attached hydrogen (secondary N) is 1. The van der Waals surface area contributed by atoms with Crippen molar-refractivity contribution in [2.75, 3.05) is 39.3 Å². The highest BCUT2D eigenvalue weighted by Crippen LogP contribution is 2.19. The van der Waals surface area contributed by atoms with Crippen LogP contribution in [0.5, 0.6) is 5.75 Å². The zero-order valence-electron chi connectivity index (χ0n) is 18.4. The Morgan fingerprint density at radius 2 is 1.87 bits per heavy atom. The molecule has 1 aromatic carbocycles. The largest absolute Gasteiger partial charge is 0.490 e. The summed E-state index contributed by atoms with van der Waals surface area (Å²) in [6.45, 7) is 9.33. The molecule has 1 N–H and O–H groups in total. The summed E-state index contributed by atoms with van der Waals surface area (Å²) in [7, 11) is 0. The van der Waals surface area contributed by atoms with E-state index in [0.29, 0.717) is 18.9 Å². The van der Waals surface area contributed by atoms with Crippen molar-refractivity contribution in [2.24, 2.45) is 10.9 Å². The predicted octanol–water partition coefficient (Wildman–Crippen LogP) is 3.76. The maximum atomic E-state index is 12.5. The fourth-order valence-corrected chi connectivity index (χ4v) is 4.13. The van der Waals surface area contributed by atoms with Gasteiger partial charge in [0.2, 0.25) is 5.91 Å². The van der Waals surface area contributed by atoms with Gasteiger partial charge in [-0.15, -0.1) is 24.0 Å². The van der Waals surface area contributed by atoms with Gasteiger partial charge < -0.3 is 19.9 Å². The number of hydrogen-bond donors (Lipinski definition) is 1. The van der Waals surface area contributed by atoms with Crippen LogP contribution in [-0.4, -0.2) is 67.0 Å². The number of guanidine groups is 1. The van der Waals surface area contributed by atoms with Gasteiger partial charge in [0.25, 0.3) is 0 Å². The summed E-state index contributed by atoms with van der Waals surface area (Å²) in [6.07, 6.45) is 5.05. The van der Waals surface area contributed by atoms with Gasteiger partial charge in [-0.3, -0.25) is 9.79 Å². The number of rotatable bonds is 6. The molecule has 168 valence electrons. The molecule has 0 radical (unpaired) electrons. The third-order valence-electron chi connectivity index (χ3n) is 5.72. The van der Waals surface area contributed by atoms with Crippen LogP contribution in [0.2, 0.25) is 0 Å². The standard InChI is InChI=1S/C23H36N4O2.HI/c1-3-24-23(25-14-11-22(28)27-15-7-8-19(2)18-27)26-16-12-21(13-17-26)29-20-9-5-4-6-10-20;/h4-6,9-10,19,21H,3,7-8,11-18H2,1-2H3,(H,24,25);1H. The Kier molecular flexibility index (Phi) is 10.7. The lowest BCUT2D eigenvalue weighted by molar-refractivity contribution is -0.132. The number of amides is 1. The molecule has 2 saturated heterocycles. The number of carbonyl (C=O) groups excluding carboxylic acids is 1. The molecule has 2 aliphatic rings. The summed E-state index contributed by atoms with van der Waals surface area (Å²) in [5.74, 6) is 2.72. The Bertz CT molecular complexity index is 662. The molecule has 1 unspecified atom stereocenters. The number of hydrogen-bond acceptors (Lipinski definition) is 3. The number of carbonyl (C=O) groups is 1. The first kappa shape index (κ1) is 24.8. The molecule has 0 aromatic heterocycles. The van der Waals surface area contributed by atoms with Gasteiger partial charge in [-0.2, -0.15) is 0 Å². The minimum absolute atomic E-state index is 0. The van der Waals surface area contributed by atoms with Crippen LogP contribution < -0.4 is 10.1 Å². The lowest BCUT2D eigenvalue weighted by Gasteiger charge is -2.34. The maximum absolute atomic E-state index is 12.5. The Morgan fingerprint density at radius 3 is 2.53 bits per heavy atom. The molecule has 2 heterocycles. The van der Waals surface area contributed by atoms with E-state index in [9.17, 15) is 4.79 Å². The van der Waals surface area contributed by atoms with E-state index < -0.39 is 0 Å². The Morgan fingerprint density at radius 1 is 1.13 bits per heavy atom. The van der Waals surface area contributed by atoms with Crippen molar-refractivity contribution in [3.63, 3.8) is 0 Å². The number of aliphatic imine (C=N–C) groups is 1. The zero-order chi connectivity index (χ0) is 20.5. The van der Waals surface area contributed by atoms with Crippen molar-refractivity contribution in [1.82, 2.24) is 15.1 Å². The second-order valence-electron chi connectivity index (χ2n) is 8.19. The van der Waals surface area contributed by atoms with Crippen LogP contribution in [0, 0.1) is 5.92 Å². The molecule has 3 rings (SSSR count). The first-order valence-electron chi connectivity index (χ1n) is 11.2. The van der Waals surface area contributed by atoms with Gasteiger partial charge in [0.05, 0.1) is 6.54 Å². The van der Waals surface area contributed by atoms with E-state index in [1.807, 2.05) is 35.2 Å². The summed E-state index contributed by atoms with van der Waals surface area (Å²) < 4.78 is 6.09. The van der Waals surface area contributed by atoms with Gasteiger partial charge in [-0.1, -0.05) is 25.1 Å². The highest BCUT2D eigenvalue weighted by molar-refractivity contribution is 14.0. The third-order valence-corrected chi connectivity index (χ3v) is 5.72. The van der Waals surface area contributed by atoms with Crippen molar-refractivity contribution in [3.8, 4) is 5.75 Å². The minimum Gasteiger partial charge on any atom is -0.490 e. The molecule has 30 heavy (non-hydrogen) atoms. The summed E-state index contributed by atoms with van der Waals surface area (Å²) in [5, 5.41) is 3.39. The molecule has 0 bridgehead atoms. The van der Waals surface area contributed by atoms with E-state index in [-0.39, 0.29) is 36.0 Å². The van der Waals surface area contributed by atoms with E-state index >= 15 is 0 Å². The normalized spacial score (nSPS) is 20.5. The van der Waals surface area contributed by atoms with Gasteiger partial charge in [0.15, 0.2) is 5.96 Å². The predicted molar refractivity (Wildman–Crippen MR) is 133 cm³/mol. The van der Waals surface area contributed by atoms with E-state index in [2.05, 4.69) is 24.1 Å². The second-order valence-corrected chi connectivity index (χ2v) is 8.19. The van der Waals surface area contributed by atoms with Gasteiger partial charge in [-0.05, 0) is 37.8 Å². The number of ether oxygens (including phenoxy) is 1. The van der Waals surface area contributed by atoms with Crippen LogP contribution in [0.1, 0.15) is 46.0 Å². The number of likely N-dealkylation sites (tertiary alicyclic amines) is 2. The van der Waals surface area contributed by atoms with E-state index in [0.717, 1.165) is 63.7 Å². The van der Waals surface area contributed by atoms with Crippen LogP contribution in [0.3, 0.4) is 0 Å². The molecule has 0 spiro atoms. The van der Waals surface area contributed by atoms with E-state index in [1.165, 1.54) is 6.42 Å². The molecule has 1 aromatic rings. The highest BCUT2D eigenvalue weighted by atomic mass is 127. The monoisotopic (exact) mass is 528 g/mol. The Labute approximate surface area is 198 Å². The molecule has 0 saturated carbocycles. The van der Waals surface area contributed by atoms with Crippen molar-refractivity contribution < 1.29 is 9.53 Å². The molecule has 2 aliphatic heterocycles. The number of halogens is 1. The van der Waals surface area contributed by atoms with Crippen LogP contribution in [0.4, 0.5) is 0 Å². The smallest absolute Gasteiger partial charge is 0.224 e. The number of benzene rings is 1. The van der Waals surface area contributed by atoms with Gasteiger partial charge in [0.1, 0.15) is 11.9 Å². The summed E-state index contributed by atoms with van der Waals surface area (Å²) in [5.41, 5.74) is 0. The summed E-state index contributed by atoms with van der Waals surface area (Å²) >= 11 is 0. The van der Waals surface area contributed by atoms with Crippen molar-refractivity contribution in [1.29, 1.82) is 0 Å². The van der Waals surface area contributed by atoms with Crippen molar-refractivity contribution in [2.45, 2.75) is 52.1 Å². The molecule has 6 nitrogen and oxygen atoms in total. The number of para-hydroxylation sites is 1. The van der Waals surface area contributed by atoms with Crippen LogP contribution >= 0.6 is 24.0 Å².